The maximum Gasteiger partial charge on any atom is 0.272 e. The molecule has 3 aromatic rings. The zero-order valence-corrected chi connectivity index (χ0v) is 14.6. The van der Waals surface area contributed by atoms with E-state index in [0.717, 1.165) is 42.2 Å². The highest BCUT2D eigenvalue weighted by atomic mass is 35.5. The Labute approximate surface area is 149 Å². The van der Waals surface area contributed by atoms with Crippen molar-refractivity contribution >= 4 is 28.8 Å². The second-order valence-corrected chi connectivity index (χ2v) is 7.17. The number of halogens is 1. The van der Waals surface area contributed by atoms with Gasteiger partial charge in [-0.1, -0.05) is 23.7 Å². The first-order valence-corrected chi connectivity index (χ1v) is 9.17. The van der Waals surface area contributed by atoms with Crippen LogP contribution in [0.15, 0.2) is 47.8 Å². The van der Waals surface area contributed by atoms with Crippen LogP contribution in [0.1, 0.15) is 23.3 Å². The molecule has 1 aromatic carbocycles. The van der Waals surface area contributed by atoms with Gasteiger partial charge in [-0.2, -0.15) is 5.10 Å². The van der Waals surface area contributed by atoms with Crippen molar-refractivity contribution in [2.24, 2.45) is 0 Å². The minimum Gasteiger partial charge on any atom is -0.337 e. The van der Waals surface area contributed by atoms with E-state index in [-0.39, 0.29) is 5.91 Å². The Kier molecular flexibility index (Phi) is 4.12. The maximum atomic E-state index is 12.9. The predicted molar refractivity (Wildman–Crippen MR) is 97.0 cm³/mol. The fourth-order valence-electron chi connectivity index (χ4n) is 2.97. The van der Waals surface area contributed by atoms with Gasteiger partial charge in [-0.05, 0) is 48.6 Å². The molecule has 24 heavy (non-hydrogen) atoms. The van der Waals surface area contributed by atoms with Crippen molar-refractivity contribution in [3.63, 3.8) is 0 Å². The zero-order chi connectivity index (χ0) is 16.5. The number of aromatic nitrogens is 2. The SMILES string of the molecule is O=C(c1cc(-c2cccs2)nn1-c1cccc(Cl)c1)N1CCCC1. The molecule has 6 heteroatoms. The third-order valence-corrected chi connectivity index (χ3v) is 5.28. The molecule has 1 aliphatic heterocycles. The summed E-state index contributed by atoms with van der Waals surface area (Å²) in [6, 6.07) is 13.3. The van der Waals surface area contributed by atoms with Crippen LogP contribution in [0.2, 0.25) is 5.02 Å². The van der Waals surface area contributed by atoms with Crippen LogP contribution in [0.4, 0.5) is 0 Å². The van der Waals surface area contributed by atoms with Gasteiger partial charge in [0.1, 0.15) is 11.4 Å². The summed E-state index contributed by atoms with van der Waals surface area (Å²) in [5.74, 6) is 0.0304. The van der Waals surface area contributed by atoms with Crippen LogP contribution in [-0.2, 0) is 0 Å². The Bertz CT molecular complexity index is 866. The van der Waals surface area contributed by atoms with Crippen molar-refractivity contribution < 1.29 is 4.79 Å². The largest absolute Gasteiger partial charge is 0.337 e. The van der Waals surface area contributed by atoms with E-state index in [1.165, 1.54) is 0 Å². The van der Waals surface area contributed by atoms with Gasteiger partial charge in [0.15, 0.2) is 0 Å². The van der Waals surface area contributed by atoms with Gasteiger partial charge in [-0.3, -0.25) is 4.79 Å². The molecular formula is C18H16ClN3OS. The molecule has 122 valence electrons. The van der Waals surface area contributed by atoms with E-state index < -0.39 is 0 Å². The molecule has 0 spiro atoms. The average molecular weight is 358 g/mol. The Morgan fingerprint density at radius 1 is 1.12 bits per heavy atom. The predicted octanol–water partition coefficient (Wildman–Crippen LogP) is 4.49. The summed E-state index contributed by atoms with van der Waals surface area (Å²) in [6.07, 6.45) is 2.13. The summed E-state index contributed by atoms with van der Waals surface area (Å²) >= 11 is 7.74. The van der Waals surface area contributed by atoms with Crippen molar-refractivity contribution in [2.75, 3.05) is 13.1 Å². The number of hydrogen-bond donors (Lipinski definition) is 0. The molecule has 0 bridgehead atoms. The Balaban J connectivity index is 1.82. The molecule has 2 aromatic heterocycles. The van der Waals surface area contributed by atoms with Crippen molar-refractivity contribution in [2.45, 2.75) is 12.8 Å². The molecule has 0 N–H and O–H groups in total. The lowest BCUT2D eigenvalue weighted by atomic mass is 10.2. The number of carbonyl (C=O) groups excluding carboxylic acids is 1. The fourth-order valence-corrected chi connectivity index (χ4v) is 3.83. The van der Waals surface area contributed by atoms with E-state index in [2.05, 4.69) is 5.10 Å². The molecule has 1 amide bonds. The van der Waals surface area contributed by atoms with Crippen molar-refractivity contribution in [1.82, 2.24) is 14.7 Å². The lowest BCUT2D eigenvalue weighted by Gasteiger charge is -2.16. The van der Waals surface area contributed by atoms with E-state index >= 15 is 0 Å². The van der Waals surface area contributed by atoms with Gasteiger partial charge < -0.3 is 4.90 Å². The molecule has 0 atom stereocenters. The molecule has 4 rings (SSSR count). The number of thiophene rings is 1. The minimum absolute atomic E-state index is 0.0304. The summed E-state index contributed by atoms with van der Waals surface area (Å²) in [4.78, 5) is 15.9. The highest BCUT2D eigenvalue weighted by molar-refractivity contribution is 7.13. The van der Waals surface area contributed by atoms with Gasteiger partial charge in [0.2, 0.25) is 0 Å². The van der Waals surface area contributed by atoms with Crippen LogP contribution in [0.5, 0.6) is 0 Å². The first kappa shape index (κ1) is 15.4. The van der Waals surface area contributed by atoms with Crippen LogP contribution in [0, 0.1) is 0 Å². The van der Waals surface area contributed by atoms with E-state index in [9.17, 15) is 4.79 Å². The van der Waals surface area contributed by atoms with Gasteiger partial charge in [0.25, 0.3) is 5.91 Å². The molecule has 0 aliphatic carbocycles. The van der Waals surface area contributed by atoms with Gasteiger partial charge in [-0.15, -0.1) is 11.3 Å². The van der Waals surface area contributed by atoms with Gasteiger partial charge in [-0.25, -0.2) is 4.68 Å². The smallest absolute Gasteiger partial charge is 0.272 e. The molecule has 1 aliphatic rings. The number of nitrogens with zero attached hydrogens (tertiary/aromatic N) is 3. The lowest BCUT2D eigenvalue weighted by molar-refractivity contribution is 0.0784. The quantitative estimate of drug-likeness (QED) is 0.692. The van der Waals surface area contributed by atoms with Gasteiger partial charge in [0, 0.05) is 18.1 Å². The number of likely N-dealkylation sites (tertiary alicyclic amines) is 1. The Hall–Kier alpha value is -2.11. The number of hydrogen-bond acceptors (Lipinski definition) is 3. The molecular weight excluding hydrogens is 342 g/mol. The minimum atomic E-state index is 0.0304. The average Bonchev–Trinajstić information content (AvgIpc) is 3.34. The molecule has 0 radical (unpaired) electrons. The molecule has 1 fully saturated rings. The van der Waals surface area contributed by atoms with E-state index in [1.54, 1.807) is 16.0 Å². The first-order valence-electron chi connectivity index (χ1n) is 7.91. The molecule has 3 heterocycles. The second kappa shape index (κ2) is 6.42. The number of benzene rings is 1. The standard InChI is InChI=1S/C18H16ClN3OS/c19-13-5-3-6-14(11-13)22-16(18(23)21-8-1-2-9-21)12-15(20-22)17-7-4-10-24-17/h3-7,10-12H,1-2,8-9H2. The summed E-state index contributed by atoms with van der Waals surface area (Å²) in [7, 11) is 0. The van der Waals surface area contributed by atoms with Crippen molar-refractivity contribution in [3.05, 3.63) is 58.6 Å². The molecule has 0 saturated carbocycles. The number of rotatable bonds is 3. The maximum absolute atomic E-state index is 12.9. The van der Waals surface area contributed by atoms with Crippen LogP contribution in [0.25, 0.3) is 16.3 Å². The van der Waals surface area contributed by atoms with Crippen molar-refractivity contribution in [1.29, 1.82) is 0 Å². The highest BCUT2D eigenvalue weighted by Gasteiger charge is 2.25. The van der Waals surface area contributed by atoms with Crippen molar-refractivity contribution in [3.8, 4) is 16.3 Å². The summed E-state index contributed by atoms with van der Waals surface area (Å²) in [5, 5.41) is 7.31. The van der Waals surface area contributed by atoms with Crippen LogP contribution in [0.3, 0.4) is 0 Å². The van der Waals surface area contributed by atoms with Gasteiger partial charge in [0.05, 0.1) is 10.6 Å². The van der Waals surface area contributed by atoms with E-state index in [0.29, 0.717) is 10.7 Å². The van der Waals surface area contributed by atoms with Crippen LogP contribution >= 0.6 is 22.9 Å². The number of carbonyl (C=O) groups is 1. The monoisotopic (exact) mass is 357 g/mol. The highest BCUT2D eigenvalue weighted by Crippen LogP contribution is 2.27. The molecule has 1 saturated heterocycles. The van der Waals surface area contributed by atoms with Gasteiger partial charge >= 0.3 is 0 Å². The Morgan fingerprint density at radius 2 is 1.96 bits per heavy atom. The van der Waals surface area contributed by atoms with E-state index in [4.69, 9.17) is 11.6 Å². The third-order valence-electron chi connectivity index (χ3n) is 4.15. The van der Waals surface area contributed by atoms with Crippen LogP contribution < -0.4 is 0 Å². The Morgan fingerprint density at radius 3 is 2.67 bits per heavy atom. The first-order chi connectivity index (χ1) is 11.7. The fraction of sp³-hybridized carbons (Fsp3) is 0.222. The normalized spacial score (nSPS) is 14.3. The topological polar surface area (TPSA) is 38.1 Å². The second-order valence-electron chi connectivity index (χ2n) is 5.78. The van der Waals surface area contributed by atoms with Crippen LogP contribution in [-0.4, -0.2) is 33.7 Å². The lowest BCUT2D eigenvalue weighted by Crippen LogP contribution is -2.29. The van der Waals surface area contributed by atoms with E-state index in [1.807, 2.05) is 52.7 Å². The molecule has 4 nitrogen and oxygen atoms in total. The summed E-state index contributed by atoms with van der Waals surface area (Å²) in [5.41, 5.74) is 2.20. The third kappa shape index (κ3) is 2.85. The molecule has 0 unspecified atom stereocenters. The summed E-state index contributed by atoms with van der Waals surface area (Å²) in [6.45, 7) is 1.63. The summed E-state index contributed by atoms with van der Waals surface area (Å²) < 4.78 is 1.71. The zero-order valence-electron chi connectivity index (χ0n) is 13.0. The number of amides is 1.